The number of methoxy groups -OCH3 is 2. The van der Waals surface area contributed by atoms with Crippen molar-refractivity contribution in [1.29, 1.82) is 5.26 Å². The van der Waals surface area contributed by atoms with Gasteiger partial charge < -0.3 is 19.4 Å². The Hall–Kier alpha value is -4.00. The first-order valence-corrected chi connectivity index (χ1v) is 11.6. The second-order valence-corrected chi connectivity index (χ2v) is 8.68. The maximum atomic E-state index is 13.2. The molecule has 0 aliphatic heterocycles. The lowest BCUT2D eigenvalue weighted by molar-refractivity contribution is -0.116. The van der Waals surface area contributed by atoms with Crippen LogP contribution in [0.5, 0.6) is 11.5 Å². The van der Waals surface area contributed by atoms with Crippen LogP contribution < -0.4 is 20.5 Å². The van der Waals surface area contributed by atoms with Gasteiger partial charge in [0.2, 0.25) is 5.91 Å². The average molecular weight is 480 g/mol. The van der Waals surface area contributed by atoms with Crippen molar-refractivity contribution in [2.24, 2.45) is 0 Å². The van der Waals surface area contributed by atoms with Crippen molar-refractivity contribution in [3.63, 3.8) is 0 Å². The minimum absolute atomic E-state index is 0.182. The molecule has 0 unspecified atom stereocenters. The van der Waals surface area contributed by atoms with Gasteiger partial charge in [0.25, 0.3) is 0 Å². The second-order valence-electron chi connectivity index (χ2n) is 8.68. The van der Waals surface area contributed by atoms with E-state index in [1.165, 1.54) is 20.6 Å². The van der Waals surface area contributed by atoms with Gasteiger partial charge >= 0.3 is 5.76 Å². The molecule has 0 spiro atoms. The van der Waals surface area contributed by atoms with E-state index in [1.54, 1.807) is 18.2 Å². The number of amides is 1. The number of hydrogen-bond acceptors (Lipinski definition) is 7. The summed E-state index contributed by atoms with van der Waals surface area (Å²) < 4.78 is 18.7. The van der Waals surface area contributed by atoms with Crippen LogP contribution in [0, 0.1) is 25.2 Å². The summed E-state index contributed by atoms with van der Waals surface area (Å²) in [6, 6.07) is 7.49. The first-order valence-electron chi connectivity index (χ1n) is 11.6. The third kappa shape index (κ3) is 4.54. The first kappa shape index (κ1) is 24.1. The predicted molar refractivity (Wildman–Crippen MR) is 129 cm³/mol. The Bertz CT molecular complexity index is 1340. The van der Waals surface area contributed by atoms with E-state index < -0.39 is 11.7 Å². The van der Waals surface area contributed by atoms with Gasteiger partial charge in [-0.15, -0.1) is 0 Å². The summed E-state index contributed by atoms with van der Waals surface area (Å²) >= 11 is 0. The van der Waals surface area contributed by atoms with Crippen LogP contribution in [0.2, 0.25) is 0 Å². The van der Waals surface area contributed by atoms with Gasteiger partial charge in [0.15, 0.2) is 17.3 Å². The standard InChI is InChI=1S/C25H29N5O5/c1-15-16(2)30(18-8-6-5-7-9-18)24(19(15)13-26)27-22(31)14-29-23(28-35-25(29)32)17-10-11-20(33-3)21(12-17)34-4/h10-12,18H,5-9,14H2,1-4H3,(H,27,31). The number of carbonyl (C=O) groups excluding carboxylic acids is 1. The van der Waals surface area contributed by atoms with E-state index in [2.05, 4.69) is 21.1 Å². The molecular weight excluding hydrogens is 450 g/mol. The Morgan fingerprint density at radius 3 is 2.57 bits per heavy atom. The molecule has 10 nitrogen and oxygen atoms in total. The molecule has 184 valence electrons. The Kier molecular flexibility index (Phi) is 6.96. The molecule has 0 bridgehead atoms. The van der Waals surface area contributed by atoms with Crippen LogP contribution in [0.4, 0.5) is 5.82 Å². The molecule has 1 aliphatic rings. The topological polar surface area (TPSA) is 124 Å². The fourth-order valence-corrected chi connectivity index (χ4v) is 4.79. The molecule has 35 heavy (non-hydrogen) atoms. The molecular formula is C25H29N5O5. The summed E-state index contributed by atoms with van der Waals surface area (Å²) in [7, 11) is 3.03. The molecule has 2 aromatic heterocycles. The third-order valence-electron chi connectivity index (χ3n) is 6.70. The molecule has 10 heteroatoms. The summed E-state index contributed by atoms with van der Waals surface area (Å²) in [6.45, 7) is 3.54. The van der Waals surface area contributed by atoms with E-state index in [9.17, 15) is 14.9 Å². The number of aromatic nitrogens is 3. The van der Waals surface area contributed by atoms with Crippen LogP contribution in [0.25, 0.3) is 11.4 Å². The number of nitrogens with zero attached hydrogens (tertiary/aromatic N) is 4. The zero-order valence-electron chi connectivity index (χ0n) is 20.4. The molecule has 0 radical (unpaired) electrons. The quantitative estimate of drug-likeness (QED) is 0.544. The molecule has 1 amide bonds. The molecule has 1 aliphatic carbocycles. The van der Waals surface area contributed by atoms with Crippen molar-refractivity contribution in [1.82, 2.24) is 14.3 Å². The number of benzene rings is 1. The number of rotatable bonds is 7. The summed E-state index contributed by atoms with van der Waals surface area (Å²) in [4.78, 5) is 25.6. The summed E-state index contributed by atoms with van der Waals surface area (Å²) in [5.74, 6) is 0.415. The van der Waals surface area contributed by atoms with Crippen LogP contribution in [0.15, 0.2) is 27.5 Å². The molecule has 3 aromatic rings. The number of ether oxygens (including phenoxy) is 2. The van der Waals surface area contributed by atoms with Gasteiger partial charge in [-0.1, -0.05) is 24.4 Å². The number of nitrogens with one attached hydrogen (secondary N) is 1. The van der Waals surface area contributed by atoms with Gasteiger partial charge in [-0.3, -0.25) is 9.32 Å². The van der Waals surface area contributed by atoms with Crippen LogP contribution in [-0.2, 0) is 11.3 Å². The minimum Gasteiger partial charge on any atom is -0.493 e. The number of nitriles is 1. The number of carbonyl (C=O) groups is 1. The van der Waals surface area contributed by atoms with Gasteiger partial charge in [-0.2, -0.15) is 5.26 Å². The van der Waals surface area contributed by atoms with E-state index in [0.717, 1.165) is 41.5 Å². The maximum absolute atomic E-state index is 13.2. The highest BCUT2D eigenvalue weighted by molar-refractivity contribution is 5.92. The lowest BCUT2D eigenvalue weighted by atomic mass is 9.95. The van der Waals surface area contributed by atoms with E-state index in [1.807, 2.05) is 13.8 Å². The summed E-state index contributed by atoms with van der Waals surface area (Å²) in [5.41, 5.74) is 2.79. The van der Waals surface area contributed by atoms with E-state index in [0.29, 0.717) is 28.4 Å². The highest BCUT2D eigenvalue weighted by Crippen LogP contribution is 2.37. The SMILES string of the molecule is COc1ccc(-c2noc(=O)n2CC(=O)Nc2c(C#N)c(C)c(C)n2C2CCCCC2)cc1OC. The Morgan fingerprint density at radius 2 is 1.91 bits per heavy atom. The van der Waals surface area contributed by atoms with Crippen LogP contribution in [0.1, 0.15) is 55.0 Å². The lowest BCUT2D eigenvalue weighted by Crippen LogP contribution is -2.27. The van der Waals surface area contributed by atoms with Crippen molar-refractivity contribution in [2.75, 3.05) is 19.5 Å². The maximum Gasteiger partial charge on any atom is 0.442 e. The Labute approximate surface area is 203 Å². The first-order chi connectivity index (χ1) is 16.9. The average Bonchev–Trinajstić information content (AvgIpc) is 3.34. The van der Waals surface area contributed by atoms with Crippen molar-refractivity contribution in [3.05, 3.63) is 45.6 Å². The van der Waals surface area contributed by atoms with Gasteiger partial charge in [-0.05, 0) is 50.5 Å². The third-order valence-corrected chi connectivity index (χ3v) is 6.70. The van der Waals surface area contributed by atoms with E-state index >= 15 is 0 Å². The summed E-state index contributed by atoms with van der Waals surface area (Å²) in [6.07, 6.45) is 5.41. The van der Waals surface area contributed by atoms with Crippen LogP contribution >= 0.6 is 0 Å². The molecule has 0 atom stereocenters. The normalized spacial score (nSPS) is 13.9. The molecule has 1 saturated carbocycles. The van der Waals surface area contributed by atoms with E-state index in [4.69, 9.17) is 14.0 Å². The van der Waals surface area contributed by atoms with Crippen molar-refractivity contribution < 1.29 is 18.8 Å². The van der Waals surface area contributed by atoms with E-state index in [-0.39, 0.29) is 18.4 Å². The second kappa shape index (κ2) is 10.1. The molecule has 2 heterocycles. The molecule has 1 fully saturated rings. The van der Waals surface area contributed by atoms with Crippen molar-refractivity contribution >= 4 is 11.7 Å². The zero-order chi connectivity index (χ0) is 25.1. The molecule has 4 rings (SSSR count). The van der Waals surface area contributed by atoms with Gasteiger partial charge in [0, 0.05) is 17.3 Å². The number of hydrogen-bond donors (Lipinski definition) is 1. The van der Waals surface area contributed by atoms with Gasteiger partial charge in [0.05, 0.1) is 19.8 Å². The molecule has 1 aromatic carbocycles. The van der Waals surface area contributed by atoms with Crippen molar-refractivity contribution in [2.45, 2.75) is 58.5 Å². The minimum atomic E-state index is -0.763. The van der Waals surface area contributed by atoms with Crippen LogP contribution in [-0.4, -0.2) is 34.4 Å². The highest BCUT2D eigenvalue weighted by atomic mass is 16.5. The van der Waals surface area contributed by atoms with Gasteiger partial charge in [-0.25, -0.2) is 9.36 Å². The monoisotopic (exact) mass is 479 g/mol. The number of anilines is 1. The molecule has 0 saturated heterocycles. The van der Waals surface area contributed by atoms with Gasteiger partial charge in [0.1, 0.15) is 18.4 Å². The smallest absolute Gasteiger partial charge is 0.442 e. The predicted octanol–water partition coefficient (Wildman–Crippen LogP) is 3.95. The zero-order valence-corrected chi connectivity index (χ0v) is 20.4. The summed E-state index contributed by atoms with van der Waals surface area (Å²) in [5, 5.41) is 16.6. The highest BCUT2D eigenvalue weighted by Gasteiger charge is 2.26. The largest absolute Gasteiger partial charge is 0.493 e. The Morgan fingerprint density at radius 1 is 1.20 bits per heavy atom. The lowest BCUT2D eigenvalue weighted by Gasteiger charge is -2.27. The fraction of sp³-hybridized carbons (Fsp3) is 0.440. The Balaban J connectivity index is 1.65. The van der Waals surface area contributed by atoms with Crippen LogP contribution in [0.3, 0.4) is 0 Å². The molecule has 1 N–H and O–H groups in total. The van der Waals surface area contributed by atoms with Crippen molar-refractivity contribution in [3.8, 4) is 29.0 Å². The fourth-order valence-electron chi connectivity index (χ4n) is 4.79.